The summed E-state index contributed by atoms with van der Waals surface area (Å²) in [7, 11) is 1.31. The summed E-state index contributed by atoms with van der Waals surface area (Å²) in [6, 6.07) is 20.5. The van der Waals surface area contributed by atoms with E-state index in [1.807, 2.05) is 13.0 Å². The summed E-state index contributed by atoms with van der Waals surface area (Å²) in [5.41, 5.74) is 5.96. The maximum Gasteiger partial charge on any atom is 0.337 e. The molecule has 0 radical (unpaired) electrons. The van der Waals surface area contributed by atoms with E-state index in [0.717, 1.165) is 17.7 Å². The fourth-order valence-electron chi connectivity index (χ4n) is 3.00. The molecule has 0 aromatic heterocycles. The summed E-state index contributed by atoms with van der Waals surface area (Å²) in [5.74, 6) is -0.710. The van der Waals surface area contributed by atoms with Crippen LogP contribution in [0.25, 0.3) is 0 Å². The van der Waals surface area contributed by atoms with E-state index in [4.69, 9.17) is 12.2 Å². The smallest absolute Gasteiger partial charge is 0.337 e. The van der Waals surface area contributed by atoms with Crippen molar-refractivity contribution in [1.29, 1.82) is 0 Å². The molecule has 0 atom stereocenters. The summed E-state index contributed by atoms with van der Waals surface area (Å²) >= 11 is 5.02. The first-order valence-corrected chi connectivity index (χ1v) is 11.1. The van der Waals surface area contributed by atoms with Crippen LogP contribution in [0, 0.1) is 13.8 Å². The summed E-state index contributed by atoms with van der Waals surface area (Å²) in [4.78, 5) is 24.6. The van der Waals surface area contributed by atoms with Gasteiger partial charge in [0.2, 0.25) is 0 Å². The molecule has 0 saturated carbocycles. The molecule has 1 amide bonds. The van der Waals surface area contributed by atoms with Crippen LogP contribution in [-0.4, -0.2) is 24.0 Å². The average Bonchev–Trinajstić information content (AvgIpc) is 2.80. The number of thiocarbonyl (C=S) groups is 1. The molecule has 0 aliphatic carbocycles. The highest BCUT2D eigenvalue weighted by Crippen LogP contribution is 2.18. The first-order chi connectivity index (χ1) is 15.7. The van der Waals surface area contributed by atoms with E-state index in [1.54, 1.807) is 43.3 Å². The molecule has 0 saturated heterocycles. The lowest BCUT2D eigenvalue weighted by Crippen LogP contribution is -2.13. The monoisotopic (exact) mass is 466 g/mol. The van der Waals surface area contributed by atoms with E-state index in [1.165, 1.54) is 18.2 Å². The van der Waals surface area contributed by atoms with Crippen LogP contribution < -0.4 is 10.6 Å². The van der Waals surface area contributed by atoms with Gasteiger partial charge in [-0.25, -0.2) is 4.79 Å². The minimum Gasteiger partial charge on any atom is -0.465 e. The molecule has 0 aliphatic heterocycles. The topological polar surface area (TPSA) is 67.4 Å². The molecule has 0 bridgehead atoms. The summed E-state index contributed by atoms with van der Waals surface area (Å²) in [6.07, 6.45) is 1.14. The Morgan fingerprint density at radius 2 is 1.64 bits per heavy atom. The van der Waals surface area contributed by atoms with Gasteiger partial charge < -0.3 is 15.4 Å². The Morgan fingerprint density at radius 1 is 0.939 bits per heavy atom. The third-order valence-corrected chi connectivity index (χ3v) is 4.97. The Hall–Kier alpha value is -3.51. The van der Waals surface area contributed by atoms with Crippen LogP contribution in [0.3, 0.4) is 0 Å². The van der Waals surface area contributed by atoms with Crippen molar-refractivity contribution in [1.82, 2.24) is 0 Å². The number of ether oxygens (including phenoxy) is 1. The molecule has 3 rings (SSSR count). The molecule has 0 fully saturated rings. The number of amides is 1. The average molecular weight is 467 g/mol. The molecule has 6 heteroatoms. The van der Waals surface area contributed by atoms with E-state index < -0.39 is 5.97 Å². The molecule has 0 unspecified atom stereocenters. The van der Waals surface area contributed by atoms with Gasteiger partial charge in [-0.1, -0.05) is 55.0 Å². The molecule has 0 heterocycles. The SMILES string of the molecule is CCc1ccc(C)cc1.COC(=O)c1cccc(NC(=O)c2ccc(NC(C)=S)c(C)c2)c1.[HH].[HH]. The van der Waals surface area contributed by atoms with Crippen molar-refractivity contribution < 1.29 is 17.2 Å². The molecule has 176 valence electrons. The van der Waals surface area contributed by atoms with Crippen LogP contribution in [-0.2, 0) is 11.2 Å². The lowest BCUT2D eigenvalue weighted by molar-refractivity contribution is 0.0600. The number of anilines is 2. The first-order valence-electron chi connectivity index (χ1n) is 10.7. The number of benzene rings is 3. The second kappa shape index (κ2) is 12.5. The number of esters is 1. The molecule has 33 heavy (non-hydrogen) atoms. The number of rotatable bonds is 5. The van der Waals surface area contributed by atoms with Crippen molar-refractivity contribution in [2.24, 2.45) is 0 Å². The normalized spacial score (nSPS) is 9.85. The Balaban J connectivity index is 0.000000890. The molecule has 3 aromatic rings. The highest BCUT2D eigenvalue weighted by atomic mass is 32.1. The maximum absolute atomic E-state index is 12.4. The van der Waals surface area contributed by atoms with Crippen molar-refractivity contribution in [3.8, 4) is 0 Å². The third kappa shape index (κ3) is 8.16. The number of aryl methyl sites for hydroxylation is 3. The van der Waals surface area contributed by atoms with Crippen molar-refractivity contribution >= 4 is 40.5 Å². The number of carbonyl (C=O) groups is 2. The molecular formula is C27H34N2O3S. The summed E-state index contributed by atoms with van der Waals surface area (Å²) < 4.78 is 4.67. The Kier molecular flexibility index (Phi) is 9.76. The van der Waals surface area contributed by atoms with Crippen molar-refractivity contribution in [3.63, 3.8) is 0 Å². The van der Waals surface area contributed by atoms with Crippen LogP contribution in [0.1, 0.15) is 54.1 Å². The van der Waals surface area contributed by atoms with Gasteiger partial charge in [-0.2, -0.15) is 0 Å². The van der Waals surface area contributed by atoms with Gasteiger partial charge >= 0.3 is 5.97 Å². The predicted molar refractivity (Wildman–Crippen MR) is 144 cm³/mol. The second-order valence-electron chi connectivity index (χ2n) is 7.58. The van der Waals surface area contributed by atoms with E-state index in [2.05, 4.69) is 53.5 Å². The van der Waals surface area contributed by atoms with Gasteiger partial charge in [-0.05, 0) is 74.7 Å². The summed E-state index contributed by atoms with van der Waals surface area (Å²) in [5, 5.41) is 5.84. The fraction of sp³-hybridized carbons (Fsp3) is 0.222. The van der Waals surface area contributed by atoms with E-state index in [9.17, 15) is 9.59 Å². The largest absolute Gasteiger partial charge is 0.465 e. The molecule has 0 aliphatic rings. The van der Waals surface area contributed by atoms with Gasteiger partial charge in [0.15, 0.2) is 0 Å². The zero-order chi connectivity index (χ0) is 24.4. The maximum atomic E-state index is 12.4. The lowest BCUT2D eigenvalue weighted by Gasteiger charge is -2.11. The van der Waals surface area contributed by atoms with Crippen LogP contribution in [0.4, 0.5) is 11.4 Å². The van der Waals surface area contributed by atoms with Crippen LogP contribution in [0.5, 0.6) is 0 Å². The predicted octanol–water partition coefficient (Wildman–Crippen LogP) is 6.84. The van der Waals surface area contributed by atoms with Crippen molar-refractivity contribution in [2.45, 2.75) is 34.1 Å². The Labute approximate surface area is 204 Å². The van der Waals surface area contributed by atoms with Gasteiger partial charge in [-0.3, -0.25) is 4.79 Å². The number of hydrogen-bond acceptors (Lipinski definition) is 4. The molecule has 2 N–H and O–H groups in total. The van der Waals surface area contributed by atoms with E-state index in [0.29, 0.717) is 21.8 Å². The van der Waals surface area contributed by atoms with Crippen LogP contribution in [0.2, 0.25) is 0 Å². The Bertz CT molecular complexity index is 1140. The van der Waals surface area contributed by atoms with E-state index >= 15 is 0 Å². The number of methoxy groups -OCH3 is 1. The Morgan fingerprint density at radius 3 is 2.21 bits per heavy atom. The van der Waals surface area contributed by atoms with E-state index in [-0.39, 0.29) is 8.76 Å². The highest BCUT2D eigenvalue weighted by molar-refractivity contribution is 7.80. The van der Waals surface area contributed by atoms with Gasteiger partial charge in [0.1, 0.15) is 0 Å². The number of carbonyl (C=O) groups excluding carboxylic acids is 2. The van der Waals surface area contributed by atoms with Gasteiger partial charge in [0, 0.05) is 19.8 Å². The number of hydrogen-bond donors (Lipinski definition) is 2. The third-order valence-electron chi connectivity index (χ3n) is 4.87. The van der Waals surface area contributed by atoms with Crippen LogP contribution >= 0.6 is 12.2 Å². The highest BCUT2D eigenvalue weighted by Gasteiger charge is 2.11. The molecule has 5 nitrogen and oxygen atoms in total. The second-order valence-corrected chi connectivity index (χ2v) is 8.19. The van der Waals surface area contributed by atoms with Gasteiger partial charge in [0.25, 0.3) is 5.91 Å². The van der Waals surface area contributed by atoms with Crippen molar-refractivity contribution in [3.05, 3.63) is 94.5 Å². The minimum absolute atomic E-state index is 0. The molecular weight excluding hydrogens is 432 g/mol. The summed E-state index contributed by atoms with van der Waals surface area (Å²) in [6.45, 7) is 7.98. The molecule has 0 spiro atoms. The zero-order valence-electron chi connectivity index (χ0n) is 19.7. The van der Waals surface area contributed by atoms with Crippen LogP contribution in [0.15, 0.2) is 66.7 Å². The zero-order valence-corrected chi connectivity index (χ0v) is 20.5. The molecule has 3 aromatic carbocycles. The standard InChI is InChI=1S/C18H18N2O3S.C9H12.2H2/c1-11-9-13(7-8-16(11)19-12(2)24)17(21)20-15-6-4-5-14(10-15)18(22)23-3;1-3-9-6-4-8(2)5-7-9;;/h4-10H,1-3H3,(H,19,24)(H,20,21);4-7H,3H2,1-2H3;2*1H. The minimum atomic E-state index is -0.451. The first kappa shape index (κ1) is 25.7. The number of nitrogens with one attached hydrogen (secondary N) is 2. The van der Waals surface area contributed by atoms with Gasteiger partial charge in [-0.15, -0.1) is 0 Å². The fourth-order valence-corrected chi connectivity index (χ4v) is 3.11. The van der Waals surface area contributed by atoms with Gasteiger partial charge in [0.05, 0.1) is 17.7 Å². The quantitative estimate of drug-likeness (QED) is 0.318. The van der Waals surface area contributed by atoms with Crippen molar-refractivity contribution in [2.75, 3.05) is 17.7 Å². The lowest BCUT2D eigenvalue weighted by atomic mass is 10.1.